The zero-order valence-electron chi connectivity index (χ0n) is 14.1. The van der Waals surface area contributed by atoms with Crippen LogP contribution in [-0.4, -0.2) is 28.5 Å². The van der Waals surface area contributed by atoms with Crippen molar-refractivity contribution in [2.24, 2.45) is 0 Å². The van der Waals surface area contributed by atoms with Gasteiger partial charge in [0.05, 0.1) is 0 Å². The first-order chi connectivity index (χ1) is 11.8. The summed E-state index contributed by atoms with van der Waals surface area (Å²) in [7, 11) is 0. The SMILES string of the molecule is CCN(Cc1ccccc1)c1cc(C(=O)NC2CCCC2)ncn1. The molecule has 5 nitrogen and oxygen atoms in total. The first-order valence-corrected chi connectivity index (χ1v) is 8.68. The highest BCUT2D eigenvalue weighted by Gasteiger charge is 2.19. The fraction of sp³-hybridized carbons (Fsp3) is 0.421. The maximum atomic E-state index is 12.4. The Morgan fingerprint density at radius 2 is 1.96 bits per heavy atom. The molecule has 1 fully saturated rings. The Labute approximate surface area is 143 Å². The molecule has 1 heterocycles. The van der Waals surface area contributed by atoms with Gasteiger partial charge in [0.25, 0.3) is 5.91 Å². The van der Waals surface area contributed by atoms with E-state index < -0.39 is 0 Å². The Balaban J connectivity index is 1.71. The largest absolute Gasteiger partial charge is 0.352 e. The van der Waals surface area contributed by atoms with Crippen molar-refractivity contribution in [1.29, 1.82) is 0 Å². The number of nitrogens with one attached hydrogen (secondary N) is 1. The number of amides is 1. The molecule has 126 valence electrons. The third-order valence-electron chi connectivity index (χ3n) is 4.50. The predicted octanol–water partition coefficient (Wildman–Crippen LogP) is 3.18. The topological polar surface area (TPSA) is 58.1 Å². The van der Waals surface area contributed by atoms with Crippen molar-refractivity contribution in [2.45, 2.75) is 45.2 Å². The van der Waals surface area contributed by atoms with Crippen molar-refractivity contribution in [2.75, 3.05) is 11.4 Å². The molecule has 0 bridgehead atoms. The minimum atomic E-state index is -0.0960. The van der Waals surface area contributed by atoms with Crippen molar-refractivity contribution in [3.05, 3.63) is 54.0 Å². The summed E-state index contributed by atoms with van der Waals surface area (Å²) in [6.07, 6.45) is 6.01. The van der Waals surface area contributed by atoms with Crippen LogP contribution in [0.15, 0.2) is 42.7 Å². The van der Waals surface area contributed by atoms with Crippen LogP contribution in [0.3, 0.4) is 0 Å². The zero-order valence-corrected chi connectivity index (χ0v) is 14.1. The average Bonchev–Trinajstić information content (AvgIpc) is 3.13. The molecule has 1 aromatic heterocycles. The quantitative estimate of drug-likeness (QED) is 0.886. The molecule has 0 radical (unpaired) electrons. The minimum absolute atomic E-state index is 0.0960. The summed E-state index contributed by atoms with van der Waals surface area (Å²) >= 11 is 0. The molecule has 1 aliphatic carbocycles. The van der Waals surface area contributed by atoms with E-state index in [9.17, 15) is 4.79 Å². The maximum Gasteiger partial charge on any atom is 0.270 e. The molecule has 2 aromatic rings. The lowest BCUT2D eigenvalue weighted by molar-refractivity contribution is 0.0932. The smallest absolute Gasteiger partial charge is 0.270 e. The van der Waals surface area contributed by atoms with E-state index in [1.807, 2.05) is 18.2 Å². The van der Waals surface area contributed by atoms with Crippen LogP contribution in [0.2, 0.25) is 0 Å². The molecule has 0 unspecified atom stereocenters. The van der Waals surface area contributed by atoms with Crippen LogP contribution in [0.4, 0.5) is 5.82 Å². The molecule has 1 aliphatic rings. The summed E-state index contributed by atoms with van der Waals surface area (Å²) < 4.78 is 0. The molecule has 1 amide bonds. The standard InChI is InChI=1S/C19H24N4O/c1-2-23(13-15-8-4-3-5-9-15)18-12-17(20-14-21-18)19(24)22-16-10-6-7-11-16/h3-5,8-9,12,14,16H,2,6-7,10-11,13H2,1H3,(H,22,24). The van der Waals surface area contributed by atoms with Crippen LogP contribution in [0.1, 0.15) is 48.7 Å². The number of nitrogens with zero attached hydrogens (tertiary/aromatic N) is 3. The van der Waals surface area contributed by atoms with Crippen LogP contribution >= 0.6 is 0 Å². The van der Waals surface area contributed by atoms with Crippen LogP contribution in [0.5, 0.6) is 0 Å². The molecule has 0 aliphatic heterocycles. The number of anilines is 1. The van der Waals surface area contributed by atoms with Crippen molar-refractivity contribution >= 4 is 11.7 Å². The van der Waals surface area contributed by atoms with E-state index in [4.69, 9.17) is 0 Å². The molecule has 3 rings (SSSR count). The van der Waals surface area contributed by atoms with E-state index in [1.165, 1.54) is 24.7 Å². The average molecular weight is 324 g/mol. The normalized spacial score (nSPS) is 14.5. The summed E-state index contributed by atoms with van der Waals surface area (Å²) in [4.78, 5) is 23.1. The fourth-order valence-electron chi connectivity index (χ4n) is 3.13. The summed E-state index contributed by atoms with van der Waals surface area (Å²) in [6, 6.07) is 12.3. The van der Waals surface area contributed by atoms with Gasteiger partial charge < -0.3 is 10.2 Å². The van der Waals surface area contributed by atoms with Gasteiger partial charge >= 0.3 is 0 Å². The lowest BCUT2D eigenvalue weighted by atomic mass is 10.2. The Hall–Kier alpha value is -2.43. The second kappa shape index (κ2) is 7.90. The third kappa shape index (κ3) is 4.10. The number of rotatable bonds is 6. The molecule has 1 aromatic carbocycles. The number of aromatic nitrogens is 2. The van der Waals surface area contributed by atoms with E-state index in [-0.39, 0.29) is 5.91 Å². The fourth-order valence-corrected chi connectivity index (χ4v) is 3.13. The molecular formula is C19H24N4O. The van der Waals surface area contributed by atoms with Gasteiger partial charge in [-0.1, -0.05) is 43.2 Å². The first-order valence-electron chi connectivity index (χ1n) is 8.68. The van der Waals surface area contributed by atoms with Gasteiger partial charge in [0.1, 0.15) is 17.8 Å². The second-order valence-electron chi connectivity index (χ2n) is 6.22. The maximum absolute atomic E-state index is 12.4. The Morgan fingerprint density at radius 1 is 1.21 bits per heavy atom. The molecule has 1 N–H and O–H groups in total. The van der Waals surface area contributed by atoms with Gasteiger partial charge in [-0.05, 0) is 25.3 Å². The molecular weight excluding hydrogens is 300 g/mol. The van der Waals surface area contributed by atoms with Crippen LogP contribution in [0, 0.1) is 0 Å². The van der Waals surface area contributed by atoms with Crippen LogP contribution in [0.25, 0.3) is 0 Å². The molecule has 0 atom stereocenters. The predicted molar refractivity (Wildman–Crippen MR) is 94.9 cm³/mol. The van der Waals surface area contributed by atoms with E-state index in [1.54, 1.807) is 6.07 Å². The number of benzene rings is 1. The van der Waals surface area contributed by atoms with Gasteiger partial charge in [-0.3, -0.25) is 4.79 Å². The Morgan fingerprint density at radius 3 is 2.67 bits per heavy atom. The number of carbonyl (C=O) groups excluding carboxylic acids is 1. The van der Waals surface area contributed by atoms with Gasteiger partial charge in [0.2, 0.25) is 0 Å². The monoisotopic (exact) mass is 324 g/mol. The Bertz CT molecular complexity index is 668. The highest BCUT2D eigenvalue weighted by molar-refractivity contribution is 5.93. The number of carbonyl (C=O) groups is 1. The number of hydrogen-bond donors (Lipinski definition) is 1. The van der Waals surface area contributed by atoms with E-state index >= 15 is 0 Å². The Kier molecular flexibility index (Phi) is 5.41. The van der Waals surface area contributed by atoms with Gasteiger partial charge in [0, 0.05) is 25.2 Å². The summed E-state index contributed by atoms with van der Waals surface area (Å²) in [5, 5.41) is 3.08. The molecule has 1 saturated carbocycles. The van der Waals surface area contributed by atoms with Gasteiger partial charge in [-0.25, -0.2) is 9.97 Å². The van der Waals surface area contributed by atoms with Crippen molar-refractivity contribution in [1.82, 2.24) is 15.3 Å². The van der Waals surface area contributed by atoms with Crippen molar-refractivity contribution in [3.8, 4) is 0 Å². The highest BCUT2D eigenvalue weighted by Crippen LogP contribution is 2.19. The van der Waals surface area contributed by atoms with Gasteiger partial charge in [-0.15, -0.1) is 0 Å². The highest BCUT2D eigenvalue weighted by atomic mass is 16.1. The van der Waals surface area contributed by atoms with Crippen LogP contribution < -0.4 is 10.2 Å². The summed E-state index contributed by atoms with van der Waals surface area (Å²) in [5.41, 5.74) is 1.66. The lowest BCUT2D eigenvalue weighted by Gasteiger charge is -2.22. The molecule has 24 heavy (non-hydrogen) atoms. The van der Waals surface area contributed by atoms with Crippen molar-refractivity contribution in [3.63, 3.8) is 0 Å². The van der Waals surface area contributed by atoms with Gasteiger partial charge in [0.15, 0.2) is 0 Å². The minimum Gasteiger partial charge on any atom is -0.352 e. The van der Waals surface area contributed by atoms with E-state index in [0.29, 0.717) is 11.7 Å². The number of hydrogen-bond acceptors (Lipinski definition) is 4. The van der Waals surface area contributed by atoms with E-state index in [0.717, 1.165) is 31.7 Å². The third-order valence-corrected chi connectivity index (χ3v) is 4.50. The van der Waals surface area contributed by atoms with Crippen molar-refractivity contribution < 1.29 is 4.79 Å². The first kappa shape index (κ1) is 16.4. The zero-order chi connectivity index (χ0) is 16.8. The second-order valence-corrected chi connectivity index (χ2v) is 6.22. The molecule has 0 spiro atoms. The molecule has 0 saturated heterocycles. The summed E-state index contributed by atoms with van der Waals surface area (Å²) in [5.74, 6) is 0.689. The van der Waals surface area contributed by atoms with Crippen LogP contribution in [-0.2, 0) is 6.54 Å². The molecule has 5 heteroatoms. The van der Waals surface area contributed by atoms with Gasteiger partial charge in [-0.2, -0.15) is 0 Å². The summed E-state index contributed by atoms with van der Waals surface area (Å²) in [6.45, 7) is 3.66. The van der Waals surface area contributed by atoms with E-state index in [2.05, 4.69) is 39.2 Å². The lowest BCUT2D eigenvalue weighted by Crippen LogP contribution is -2.33.